The predicted octanol–water partition coefficient (Wildman–Crippen LogP) is -1.74. The molecule has 0 aromatic carbocycles. The number of carboxylic acid groups (broad SMARTS) is 1. The van der Waals surface area contributed by atoms with E-state index >= 15 is 0 Å². The summed E-state index contributed by atoms with van der Waals surface area (Å²) in [4.78, 5) is 65.3. The molecule has 0 saturated heterocycles. The van der Waals surface area contributed by atoms with Crippen molar-refractivity contribution >= 4 is 35.6 Å². The van der Waals surface area contributed by atoms with Gasteiger partial charge >= 0.3 is 5.97 Å². The molecule has 212 valence electrons. The van der Waals surface area contributed by atoms with Crippen molar-refractivity contribution in [2.45, 2.75) is 90.4 Å². The minimum atomic E-state index is -1.17. The molecule has 4 amide bonds. The number of guanidine groups is 1. The van der Waals surface area contributed by atoms with Crippen LogP contribution in [0.2, 0.25) is 0 Å². The van der Waals surface area contributed by atoms with Crippen LogP contribution in [0.25, 0.3) is 0 Å². The zero-order chi connectivity index (χ0) is 28.7. The lowest BCUT2D eigenvalue weighted by atomic mass is 9.96. The van der Waals surface area contributed by atoms with Gasteiger partial charge in [-0.05, 0) is 37.5 Å². The fourth-order valence-electron chi connectivity index (χ4n) is 3.39. The summed E-state index contributed by atoms with van der Waals surface area (Å²) in [6.45, 7) is 7.43. The SMILES string of the molecule is CCC(C)C(NC(=O)C(CCCN=C(N)N)NC(=O)C(N)CCC(N)=O)C(=O)NC(CC(C)C)C(=O)O. The molecule has 5 atom stereocenters. The van der Waals surface area contributed by atoms with Crippen LogP contribution in [0, 0.1) is 11.8 Å². The van der Waals surface area contributed by atoms with E-state index in [1.54, 1.807) is 6.92 Å². The first-order valence-electron chi connectivity index (χ1n) is 12.4. The average Bonchev–Trinajstić information content (AvgIpc) is 2.80. The van der Waals surface area contributed by atoms with Gasteiger partial charge in [-0.3, -0.25) is 24.2 Å². The second-order valence-corrected chi connectivity index (χ2v) is 9.52. The number of rotatable bonds is 18. The number of nitrogens with two attached hydrogens (primary N) is 4. The Bertz CT molecular complexity index is 815. The molecule has 5 unspecified atom stereocenters. The minimum absolute atomic E-state index is 0.00612. The smallest absolute Gasteiger partial charge is 0.326 e. The van der Waals surface area contributed by atoms with E-state index in [9.17, 15) is 29.1 Å². The summed E-state index contributed by atoms with van der Waals surface area (Å²) in [5.74, 6) is -4.21. The Morgan fingerprint density at radius 1 is 0.865 bits per heavy atom. The van der Waals surface area contributed by atoms with Crippen LogP contribution in [0.15, 0.2) is 4.99 Å². The van der Waals surface area contributed by atoms with E-state index in [-0.39, 0.29) is 50.0 Å². The normalized spacial score (nSPS) is 15.0. The Balaban J connectivity index is 5.66. The summed E-state index contributed by atoms with van der Waals surface area (Å²) in [7, 11) is 0. The first-order valence-corrected chi connectivity index (χ1v) is 12.4. The number of carboxylic acids is 1. The largest absolute Gasteiger partial charge is 0.480 e. The Hall–Kier alpha value is -3.42. The maximum Gasteiger partial charge on any atom is 0.326 e. The van der Waals surface area contributed by atoms with Gasteiger partial charge in [0.1, 0.15) is 18.1 Å². The van der Waals surface area contributed by atoms with Crippen LogP contribution in [-0.2, 0) is 24.0 Å². The standard InChI is InChI=1S/C23H44N8O6/c1-5-13(4)18(21(35)30-16(22(36)37)11-12(2)3)31-20(34)15(7-6-10-28-23(26)27)29-19(33)14(24)8-9-17(25)32/h12-16,18H,5-11,24H2,1-4H3,(H2,25,32)(H,29,33)(H,30,35)(H,31,34)(H,36,37)(H4,26,27,28). The number of carbonyl (C=O) groups excluding carboxylic acids is 4. The van der Waals surface area contributed by atoms with E-state index in [0.717, 1.165) is 0 Å². The maximum absolute atomic E-state index is 13.2. The van der Waals surface area contributed by atoms with E-state index in [2.05, 4.69) is 20.9 Å². The number of primary amides is 1. The lowest BCUT2D eigenvalue weighted by molar-refractivity contribution is -0.143. The van der Waals surface area contributed by atoms with Gasteiger partial charge in [0, 0.05) is 13.0 Å². The van der Waals surface area contributed by atoms with Gasteiger partial charge in [0.2, 0.25) is 23.6 Å². The van der Waals surface area contributed by atoms with Gasteiger partial charge in [-0.15, -0.1) is 0 Å². The molecule has 12 N–H and O–H groups in total. The third-order valence-electron chi connectivity index (χ3n) is 5.73. The van der Waals surface area contributed by atoms with Crippen LogP contribution in [-0.4, -0.2) is 71.4 Å². The minimum Gasteiger partial charge on any atom is -0.480 e. The highest BCUT2D eigenvalue weighted by Crippen LogP contribution is 2.12. The van der Waals surface area contributed by atoms with Gasteiger partial charge in [0.15, 0.2) is 5.96 Å². The zero-order valence-electron chi connectivity index (χ0n) is 22.2. The molecule has 14 heteroatoms. The van der Waals surface area contributed by atoms with Crippen LogP contribution < -0.4 is 38.9 Å². The zero-order valence-corrected chi connectivity index (χ0v) is 22.2. The fourth-order valence-corrected chi connectivity index (χ4v) is 3.39. The number of hydrogen-bond donors (Lipinski definition) is 8. The van der Waals surface area contributed by atoms with Crippen molar-refractivity contribution in [2.75, 3.05) is 6.54 Å². The Morgan fingerprint density at radius 3 is 1.95 bits per heavy atom. The van der Waals surface area contributed by atoms with E-state index in [0.29, 0.717) is 12.8 Å². The molecule has 0 aliphatic heterocycles. The van der Waals surface area contributed by atoms with Crippen molar-refractivity contribution in [1.29, 1.82) is 0 Å². The lowest BCUT2D eigenvalue weighted by Crippen LogP contribution is -2.58. The molecule has 0 radical (unpaired) electrons. The van der Waals surface area contributed by atoms with E-state index in [1.807, 2.05) is 20.8 Å². The number of hydrogen-bond acceptors (Lipinski definition) is 7. The molecule has 0 spiro atoms. The van der Waals surface area contributed by atoms with Crippen molar-refractivity contribution in [3.05, 3.63) is 0 Å². The number of nitrogens with one attached hydrogen (secondary N) is 3. The number of nitrogens with zero attached hydrogens (tertiary/aromatic N) is 1. The van der Waals surface area contributed by atoms with Gasteiger partial charge in [-0.1, -0.05) is 34.1 Å². The van der Waals surface area contributed by atoms with Crippen LogP contribution >= 0.6 is 0 Å². The van der Waals surface area contributed by atoms with Gasteiger partial charge in [-0.2, -0.15) is 0 Å². The maximum atomic E-state index is 13.2. The first-order chi connectivity index (χ1) is 17.2. The van der Waals surface area contributed by atoms with Crippen molar-refractivity contribution in [2.24, 2.45) is 39.8 Å². The Kier molecular flexibility index (Phi) is 15.5. The average molecular weight is 529 g/mol. The number of aliphatic imine (C=N–C) groups is 1. The van der Waals surface area contributed by atoms with E-state index in [1.165, 1.54) is 0 Å². The molecule has 0 heterocycles. The third-order valence-corrected chi connectivity index (χ3v) is 5.73. The molecule has 14 nitrogen and oxygen atoms in total. The summed E-state index contributed by atoms with van der Waals surface area (Å²) in [5.41, 5.74) is 21.6. The van der Waals surface area contributed by atoms with E-state index < -0.39 is 53.8 Å². The van der Waals surface area contributed by atoms with Crippen LogP contribution in [0.4, 0.5) is 0 Å². The van der Waals surface area contributed by atoms with Crippen molar-refractivity contribution in [3.63, 3.8) is 0 Å². The molecular formula is C23H44N8O6. The number of aliphatic carboxylic acids is 1. The summed E-state index contributed by atoms with van der Waals surface area (Å²) in [6.07, 6.45) is 1.06. The molecule has 0 rings (SSSR count). The molecule has 0 aliphatic carbocycles. The highest BCUT2D eigenvalue weighted by atomic mass is 16.4. The second-order valence-electron chi connectivity index (χ2n) is 9.52. The monoisotopic (exact) mass is 528 g/mol. The lowest BCUT2D eigenvalue weighted by Gasteiger charge is -2.28. The summed E-state index contributed by atoms with van der Waals surface area (Å²) in [6, 6.07) is -4.34. The van der Waals surface area contributed by atoms with Crippen molar-refractivity contribution < 1.29 is 29.1 Å². The second kappa shape index (κ2) is 17.1. The molecule has 0 aromatic rings. The van der Waals surface area contributed by atoms with Gasteiger partial charge in [0.25, 0.3) is 0 Å². The third kappa shape index (κ3) is 14.0. The quantitative estimate of drug-likeness (QED) is 0.0569. The van der Waals surface area contributed by atoms with Crippen molar-refractivity contribution in [1.82, 2.24) is 16.0 Å². The van der Waals surface area contributed by atoms with E-state index in [4.69, 9.17) is 22.9 Å². The van der Waals surface area contributed by atoms with Crippen LogP contribution in [0.3, 0.4) is 0 Å². The summed E-state index contributed by atoms with van der Waals surface area (Å²) >= 11 is 0. The summed E-state index contributed by atoms with van der Waals surface area (Å²) < 4.78 is 0. The Labute approximate surface area is 217 Å². The molecule has 0 bridgehead atoms. The first kappa shape index (κ1) is 33.6. The van der Waals surface area contributed by atoms with Gasteiger partial charge in [-0.25, -0.2) is 4.79 Å². The van der Waals surface area contributed by atoms with Crippen LogP contribution in [0.5, 0.6) is 0 Å². The molecule has 0 saturated carbocycles. The molecule has 0 aliphatic rings. The van der Waals surface area contributed by atoms with Gasteiger partial charge < -0.3 is 44.0 Å². The number of carbonyl (C=O) groups is 5. The topological polar surface area (TPSA) is 258 Å². The highest BCUT2D eigenvalue weighted by molar-refractivity contribution is 5.94. The van der Waals surface area contributed by atoms with Crippen LogP contribution in [0.1, 0.15) is 66.2 Å². The highest BCUT2D eigenvalue weighted by Gasteiger charge is 2.32. The predicted molar refractivity (Wildman–Crippen MR) is 139 cm³/mol. The fraction of sp³-hybridized carbons (Fsp3) is 0.739. The Morgan fingerprint density at radius 2 is 1.46 bits per heavy atom. The molecule has 0 aromatic heterocycles. The molecule has 37 heavy (non-hydrogen) atoms. The van der Waals surface area contributed by atoms with Crippen molar-refractivity contribution in [3.8, 4) is 0 Å². The number of amides is 4. The molecular weight excluding hydrogens is 484 g/mol. The van der Waals surface area contributed by atoms with Gasteiger partial charge in [0.05, 0.1) is 6.04 Å². The molecule has 0 fully saturated rings. The summed E-state index contributed by atoms with van der Waals surface area (Å²) in [5, 5.41) is 17.2.